The SMILES string of the molecule is O=C(Cc1ccc2ccccc2c1)Nc1nc(-c2cc(Cl)sc2Cl)cs1. The number of rotatable bonds is 4. The van der Waals surface area contributed by atoms with E-state index in [4.69, 9.17) is 23.2 Å². The van der Waals surface area contributed by atoms with E-state index in [2.05, 4.69) is 16.4 Å². The fourth-order valence-electron chi connectivity index (χ4n) is 2.67. The molecule has 4 rings (SSSR count). The van der Waals surface area contributed by atoms with Gasteiger partial charge in [-0.25, -0.2) is 4.98 Å². The van der Waals surface area contributed by atoms with Gasteiger partial charge in [0.1, 0.15) is 4.34 Å². The molecule has 0 aliphatic carbocycles. The van der Waals surface area contributed by atoms with E-state index in [1.807, 2.05) is 41.8 Å². The van der Waals surface area contributed by atoms with E-state index >= 15 is 0 Å². The lowest BCUT2D eigenvalue weighted by molar-refractivity contribution is -0.115. The number of nitrogens with zero attached hydrogens (tertiary/aromatic N) is 1. The minimum absolute atomic E-state index is 0.101. The predicted molar refractivity (Wildman–Crippen MR) is 112 cm³/mol. The van der Waals surface area contributed by atoms with Crippen molar-refractivity contribution in [2.24, 2.45) is 0 Å². The molecule has 0 saturated carbocycles. The number of carbonyl (C=O) groups excluding carboxylic acids is 1. The van der Waals surface area contributed by atoms with Crippen LogP contribution in [0.15, 0.2) is 53.9 Å². The molecule has 26 heavy (non-hydrogen) atoms. The van der Waals surface area contributed by atoms with Gasteiger partial charge in [-0.3, -0.25) is 4.79 Å². The number of thiophene rings is 1. The van der Waals surface area contributed by atoms with Crippen molar-refractivity contribution in [2.45, 2.75) is 6.42 Å². The third-order valence-corrected chi connectivity index (χ3v) is 6.11. The second kappa shape index (κ2) is 7.37. The monoisotopic (exact) mass is 418 g/mol. The van der Waals surface area contributed by atoms with Gasteiger partial charge >= 0.3 is 0 Å². The Hall–Kier alpha value is -1.92. The summed E-state index contributed by atoms with van der Waals surface area (Å²) < 4.78 is 1.20. The molecular weight excluding hydrogens is 407 g/mol. The summed E-state index contributed by atoms with van der Waals surface area (Å²) in [5, 5.41) is 7.54. The zero-order valence-corrected chi connectivity index (χ0v) is 16.5. The molecule has 0 aliphatic rings. The smallest absolute Gasteiger partial charge is 0.230 e. The van der Waals surface area contributed by atoms with Gasteiger partial charge < -0.3 is 5.32 Å². The fourth-order valence-corrected chi connectivity index (χ4v) is 4.88. The summed E-state index contributed by atoms with van der Waals surface area (Å²) in [5.74, 6) is -0.101. The molecule has 4 aromatic rings. The van der Waals surface area contributed by atoms with Gasteiger partial charge in [-0.15, -0.1) is 22.7 Å². The van der Waals surface area contributed by atoms with Crippen LogP contribution in [0, 0.1) is 0 Å². The quantitative estimate of drug-likeness (QED) is 0.410. The molecule has 2 heterocycles. The van der Waals surface area contributed by atoms with Gasteiger partial charge in [0.15, 0.2) is 5.13 Å². The summed E-state index contributed by atoms with van der Waals surface area (Å²) in [7, 11) is 0. The Morgan fingerprint density at radius 1 is 1.08 bits per heavy atom. The molecule has 0 unspecified atom stereocenters. The fraction of sp³-hybridized carbons (Fsp3) is 0.0526. The highest BCUT2D eigenvalue weighted by atomic mass is 35.5. The van der Waals surface area contributed by atoms with E-state index in [9.17, 15) is 4.79 Å². The highest BCUT2D eigenvalue weighted by Crippen LogP contribution is 2.39. The number of carbonyl (C=O) groups is 1. The van der Waals surface area contributed by atoms with Crippen molar-refractivity contribution >= 4 is 67.7 Å². The van der Waals surface area contributed by atoms with Crippen LogP contribution in [0.5, 0.6) is 0 Å². The lowest BCUT2D eigenvalue weighted by atomic mass is 10.1. The van der Waals surface area contributed by atoms with Crippen LogP contribution >= 0.6 is 45.9 Å². The molecular formula is C19H12Cl2N2OS2. The largest absolute Gasteiger partial charge is 0.302 e. The molecule has 130 valence electrons. The third-order valence-electron chi connectivity index (χ3n) is 3.86. The van der Waals surface area contributed by atoms with Crippen molar-refractivity contribution in [3.8, 4) is 11.3 Å². The van der Waals surface area contributed by atoms with Crippen molar-refractivity contribution in [3.05, 3.63) is 68.1 Å². The average Bonchev–Trinajstić information content (AvgIpc) is 3.20. The molecule has 0 radical (unpaired) electrons. The zero-order valence-electron chi connectivity index (χ0n) is 13.3. The first kappa shape index (κ1) is 17.5. The minimum atomic E-state index is -0.101. The number of anilines is 1. The molecule has 0 spiro atoms. The molecule has 0 aliphatic heterocycles. The van der Waals surface area contributed by atoms with Gasteiger partial charge in [-0.05, 0) is 22.4 Å². The first-order valence-electron chi connectivity index (χ1n) is 7.77. The minimum Gasteiger partial charge on any atom is -0.302 e. The number of aromatic nitrogens is 1. The Morgan fingerprint density at radius 2 is 1.88 bits per heavy atom. The second-order valence-electron chi connectivity index (χ2n) is 5.68. The van der Waals surface area contributed by atoms with Crippen molar-refractivity contribution in [1.82, 2.24) is 4.98 Å². The second-order valence-corrected chi connectivity index (χ2v) is 8.83. The maximum Gasteiger partial charge on any atom is 0.230 e. The van der Waals surface area contributed by atoms with Crippen LogP contribution in [0.2, 0.25) is 8.67 Å². The molecule has 1 N–H and O–H groups in total. The van der Waals surface area contributed by atoms with Crippen LogP contribution in [0.3, 0.4) is 0 Å². The number of hydrogen-bond donors (Lipinski definition) is 1. The van der Waals surface area contributed by atoms with Crippen LogP contribution in [0.1, 0.15) is 5.56 Å². The van der Waals surface area contributed by atoms with Crippen molar-refractivity contribution in [1.29, 1.82) is 0 Å². The summed E-state index contributed by atoms with van der Waals surface area (Å²) >= 11 is 14.8. The number of benzene rings is 2. The van der Waals surface area contributed by atoms with E-state index in [-0.39, 0.29) is 5.91 Å². The van der Waals surface area contributed by atoms with E-state index in [1.54, 1.807) is 6.07 Å². The molecule has 2 aromatic heterocycles. The molecule has 2 aromatic carbocycles. The number of amides is 1. The number of halogens is 2. The van der Waals surface area contributed by atoms with E-state index in [0.717, 1.165) is 21.9 Å². The summed E-state index contributed by atoms with van der Waals surface area (Å²) in [4.78, 5) is 16.8. The molecule has 0 fully saturated rings. The Morgan fingerprint density at radius 3 is 2.65 bits per heavy atom. The normalized spacial score (nSPS) is 11.0. The van der Waals surface area contributed by atoms with Crippen LogP contribution < -0.4 is 5.32 Å². The van der Waals surface area contributed by atoms with E-state index < -0.39 is 0 Å². The standard InChI is InChI=1S/C19H12Cl2N2OS2/c20-16-9-14(18(21)26-16)15-10-25-19(22-15)23-17(24)8-11-5-6-12-3-1-2-4-13(12)7-11/h1-7,9-10H,8H2,(H,22,23,24). The lowest BCUT2D eigenvalue weighted by Crippen LogP contribution is -2.14. The van der Waals surface area contributed by atoms with Crippen LogP contribution in [-0.2, 0) is 11.2 Å². The molecule has 7 heteroatoms. The predicted octanol–water partition coefficient (Wildman–Crippen LogP) is 6.51. The van der Waals surface area contributed by atoms with Gasteiger partial charge in [-0.2, -0.15) is 0 Å². The average molecular weight is 419 g/mol. The Kier molecular flexibility index (Phi) is 4.96. The van der Waals surface area contributed by atoms with Gasteiger partial charge in [0.05, 0.1) is 16.5 Å². The summed E-state index contributed by atoms with van der Waals surface area (Å²) in [5.41, 5.74) is 2.46. The molecule has 0 saturated heterocycles. The summed E-state index contributed by atoms with van der Waals surface area (Å²) in [6.07, 6.45) is 0.296. The number of fused-ring (bicyclic) bond motifs is 1. The maximum atomic E-state index is 12.3. The van der Waals surface area contributed by atoms with Crippen LogP contribution in [-0.4, -0.2) is 10.9 Å². The number of nitrogens with one attached hydrogen (secondary N) is 1. The Bertz CT molecular complexity index is 1100. The number of hydrogen-bond acceptors (Lipinski definition) is 4. The van der Waals surface area contributed by atoms with Crippen LogP contribution in [0.4, 0.5) is 5.13 Å². The molecule has 0 atom stereocenters. The first-order chi connectivity index (χ1) is 12.6. The summed E-state index contributed by atoms with van der Waals surface area (Å²) in [6.45, 7) is 0. The topological polar surface area (TPSA) is 42.0 Å². The summed E-state index contributed by atoms with van der Waals surface area (Å²) in [6, 6.07) is 15.9. The zero-order chi connectivity index (χ0) is 18.1. The highest BCUT2D eigenvalue weighted by Gasteiger charge is 2.13. The van der Waals surface area contributed by atoms with E-state index in [0.29, 0.717) is 25.9 Å². The highest BCUT2D eigenvalue weighted by molar-refractivity contribution is 7.20. The van der Waals surface area contributed by atoms with E-state index in [1.165, 1.54) is 22.7 Å². The first-order valence-corrected chi connectivity index (χ1v) is 10.2. The number of thiazole rings is 1. The lowest BCUT2D eigenvalue weighted by Gasteiger charge is -2.04. The molecule has 1 amide bonds. The van der Waals surface area contributed by atoms with Crippen molar-refractivity contribution in [2.75, 3.05) is 5.32 Å². The molecule has 0 bridgehead atoms. The molecule has 3 nitrogen and oxygen atoms in total. The van der Waals surface area contributed by atoms with Crippen molar-refractivity contribution in [3.63, 3.8) is 0 Å². The van der Waals surface area contributed by atoms with Gasteiger partial charge in [-0.1, -0.05) is 65.7 Å². The van der Waals surface area contributed by atoms with Crippen molar-refractivity contribution < 1.29 is 4.79 Å². The van der Waals surface area contributed by atoms with Gasteiger partial charge in [0, 0.05) is 10.9 Å². The maximum absolute atomic E-state index is 12.3. The Labute approximate surface area is 168 Å². The third kappa shape index (κ3) is 3.76. The van der Waals surface area contributed by atoms with Gasteiger partial charge in [0.25, 0.3) is 0 Å². The van der Waals surface area contributed by atoms with Gasteiger partial charge in [0.2, 0.25) is 5.91 Å². The van der Waals surface area contributed by atoms with Crippen LogP contribution in [0.25, 0.3) is 22.0 Å². The Balaban J connectivity index is 1.47.